The van der Waals surface area contributed by atoms with Crippen molar-refractivity contribution in [3.8, 4) is 0 Å². The monoisotopic (exact) mass is 284 g/mol. The summed E-state index contributed by atoms with van der Waals surface area (Å²) in [7, 11) is 2.39. The Kier molecular flexibility index (Phi) is 6.20. The predicted molar refractivity (Wildman–Crippen MR) is 58.9 cm³/mol. The maximum Gasteiger partial charge on any atom is 0.469 e. The molecule has 104 valence electrons. The molecular weight excluding hydrogens is 269 g/mol. The molecule has 1 fully saturated rings. The Hall–Kier alpha value is -0.0151. The summed E-state index contributed by atoms with van der Waals surface area (Å²) in [6.07, 6.45) is -2.18. The molecule has 0 saturated carbocycles. The van der Waals surface area contributed by atoms with E-state index in [1.54, 1.807) is 0 Å². The highest BCUT2D eigenvalue weighted by atomic mass is 31.2. The molecule has 1 aliphatic rings. The van der Waals surface area contributed by atoms with Gasteiger partial charge in [-0.05, 0) is 0 Å². The molecule has 2 N–H and O–H groups in total. The Morgan fingerprint density at radius 2 is 2.11 bits per heavy atom. The third kappa shape index (κ3) is 4.58. The molecule has 0 amide bonds. The molecule has 0 aromatic rings. The van der Waals surface area contributed by atoms with E-state index in [4.69, 9.17) is 31.8 Å². The van der Waals surface area contributed by atoms with Gasteiger partial charge in [-0.25, -0.2) is 8.96 Å². The Bertz CT molecular complexity index is 301. The van der Waals surface area contributed by atoms with Crippen molar-refractivity contribution in [3.05, 3.63) is 0 Å². The predicted octanol–water partition coefficient (Wildman–Crippen LogP) is -0.641. The van der Waals surface area contributed by atoms with Gasteiger partial charge in [-0.15, -0.1) is 0 Å². The summed E-state index contributed by atoms with van der Waals surface area (Å²) in [6.45, 7) is -1.23. The molecule has 0 aromatic carbocycles. The number of halogens is 1. The van der Waals surface area contributed by atoms with Crippen LogP contribution in [0.5, 0.6) is 0 Å². The van der Waals surface area contributed by atoms with Crippen molar-refractivity contribution in [2.24, 2.45) is 0 Å². The van der Waals surface area contributed by atoms with Gasteiger partial charge in [0.1, 0.15) is 32.8 Å². The van der Waals surface area contributed by atoms with Crippen LogP contribution in [0, 0.1) is 0 Å². The first kappa shape index (κ1) is 16.0. The molecule has 18 heavy (non-hydrogen) atoms. The third-order valence-corrected chi connectivity index (χ3v) is 2.90. The van der Waals surface area contributed by atoms with Gasteiger partial charge in [0, 0.05) is 13.1 Å². The topological polar surface area (TPSA) is 94.5 Å². The van der Waals surface area contributed by atoms with E-state index in [1.165, 1.54) is 7.11 Å². The fourth-order valence-corrected chi connectivity index (χ4v) is 2.06. The Morgan fingerprint density at radius 1 is 1.44 bits per heavy atom. The van der Waals surface area contributed by atoms with Crippen LogP contribution in [0.2, 0.25) is 0 Å². The van der Waals surface area contributed by atoms with Crippen LogP contribution < -0.4 is 0 Å². The number of alkyl halides is 1. The van der Waals surface area contributed by atoms with Gasteiger partial charge >= 0.3 is 7.82 Å². The van der Waals surface area contributed by atoms with Gasteiger partial charge in [0.15, 0.2) is 0 Å². The van der Waals surface area contributed by atoms with Crippen molar-refractivity contribution < 1.29 is 37.5 Å². The first-order chi connectivity index (χ1) is 8.39. The van der Waals surface area contributed by atoms with Crippen LogP contribution in [0.1, 0.15) is 0 Å². The van der Waals surface area contributed by atoms with E-state index in [2.05, 4.69) is 4.52 Å². The lowest BCUT2D eigenvalue weighted by molar-refractivity contribution is -0.0529. The van der Waals surface area contributed by atoms with E-state index >= 15 is 0 Å². The lowest BCUT2D eigenvalue weighted by Crippen LogP contribution is -2.38. The van der Waals surface area contributed by atoms with Crippen molar-refractivity contribution in [2.45, 2.75) is 24.3 Å². The van der Waals surface area contributed by atoms with Gasteiger partial charge < -0.3 is 24.0 Å². The highest BCUT2D eigenvalue weighted by Crippen LogP contribution is 2.37. The average Bonchev–Trinajstić information content (AvgIpc) is 2.58. The van der Waals surface area contributed by atoms with E-state index in [0.29, 0.717) is 0 Å². The second kappa shape index (κ2) is 6.95. The standard InChI is InChI=1S/C8H15BFO7P/c1-14-6-5(4-16-18(11,12)13)17-8(9)7(6)15-3-2-10/h5-8H,2-4H2,1H3,(H2,11,12,13)/t5-,6-,7-,8-/m1/s1. The Morgan fingerprint density at radius 3 is 2.61 bits per heavy atom. The number of phosphoric ester groups is 1. The van der Waals surface area contributed by atoms with Crippen LogP contribution in [-0.4, -0.2) is 68.9 Å². The molecule has 10 heteroatoms. The second-order valence-corrected chi connectivity index (χ2v) is 4.89. The van der Waals surface area contributed by atoms with Gasteiger partial charge in [0.25, 0.3) is 0 Å². The minimum absolute atomic E-state index is 0.159. The molecule has 1 saturated heterocycles. The fraction of sp³-hybridized carbons (Fsp3) is 1.00. The SMILES string of the molecule is [B][C@@H]1O[C@H](COP(=O)(O)O)[C@@H](OC)[C@H]1OCCF. The molecular formula is C8H15BFO7P. The normalized spacial score (nSPS) is 32.9. The van der Waals surface area contributed by atoms with Crippen molar-refractivity contribution in [3.63, 3.8) is 0 Å². The van der Waals surface area contributed by atoms with E-state index in [0.717, 1.165) is 0 Å². The minimum atomic E-state index is -4.59. The Balaban J connectivity index is 2.56. The highest BCUT2D eigenvalue weighted by Gasteiger charge is 2.43. The fourth-order valence-electron chi connectivity index (χ4n) is 1.72. The number of ether oxygens (including phenoxy) is 3. The van der Waals surface area contributed by atoms with Crippen LogP contribution >= 0.6 is 7.82 Å². The number of phosphoric acid groups is 1. The highest BCUT2D eigenvalue weighted by molar-refractivity contribution is 7.46. The molecule has 4 atom stereocenters. The van der Waals surface area contributed by atoms with E-state index in [-0.39, 0.29) is 6.61 Å². The first-order valence-electron chi connectivity index (χ1n) is 5.20. The molecule has 0 spiro atoms. The molecule has 1 heterocycles. The molecule has 2 radical (unpaired) electrons. The van der Waals surface area contributed by atoms with Crippen molar-refractivity contribution in [1.29, 1.82) is 0 Å². The zero-order valence-electron chi connectivity index (χ0n) is 9.77. The number of hydrogen-bond donors (Lipinski definition) is 2. The summed E-state index contributed by atoms with van der Waals surface area (Å²) in [4.78, 5) is 17.2. The second-order valence-electron chi connectivity index (χ2n) is 3.65. The number of rotatable bonds is 7. The minimum Gasteiger partial charge on any atom is -0.377 e. The smallest absolute Gasteiger partial charge is 0.377 e. The van der Waals surface area contributed by atoms with Gasteiger partial charge in [-0.1, -0.05) is 0 Å². The molecule has 1 rings (SSSR count). The van der Waals surface area contributed by atoms with E-state index in [1.807, 2.05) is 0 Å². The summed E-state index contributed by atoms with van der Waals surface area (Å²) in [6, 6.07) is -0.869. The van der Waals surface area contributed by atoms with E-state index in [9.17, 15) is 8.96 Å². The van der Waals surface area contributed by atoms with Gasteiger partial charge in [-0.2, -0.15) is 0 Å². The Labute approximate surface area is 105 Å². The quantitative estimate of drug-likeness (QED) is 0.474. The van der Waals surface area contributed by atoms with Gasteiger partial charge in [0.2, 0.25) is 0 Å². The van der Waals surface area contributed by atoms with Crippen molar-refractivity contribution in [1.82, 2.24) is 0 Å². The van der Waals surface area contributed by atoms with Crippen molar-refractivity contribution in [2.75, 3.05) is 27.0 Å². The molecule has 0 aliphatic carbocycles. The summed E-state index contributed by atoms with van der Waals surface area (Å²) >= 11 is 0. The molecule has 0 aromatic heterocycles. The first-order valence-corrected chi connectivity index (χ1v) is 6.73. The third-order valence-electron chi connectivity index (χ3n) is 2.41. The largest absolute Gasteiger partial charge is 0.469 e. The molecule has 0 bridgehead atoms. The summed E-state index contributed by atoms with van der Waals surface area (Å²) in [5.74, 6) is 0. The zero-order chi connectivity index (χ0) is 13.8. The van der Waals surface area contributed by atoms with Crippen LogP contribution in [0.15, 0.2) is 0 Å². The number of methoxy groups -OCH3 is 1. The zero-order valence-corrected chi connectivity index (χ0v) is 10.7. The van der Waals surface area contributed by atoms with Gasteiger partial charge in [0.05, 0.1) is 13.2 Å². The van der Waals surface area contributed by atoms with Crippen LogP contribution in [0.4, 0.5) is 4.39 Å². The summed E-state index contributed by atoms with van der Waals surface area (Å²) in [5.41, 5.74) is 0. The average molecular weight is 284 g/mol. The molecule has 0 unspecified atom stereocenters. The maximum atomic E-state index is 12.0. The maximum absolute atomic E-state index is 12.0. The summed E-state index contributed by atoms with van der Waals surface area (Å²) in [5, 5.41) is 0. The lowest BCUT2D eigenvalue weighted by atomic mass is 9.93. The molecule has 1 aliphatic heterocycles. The van der Waals surface area contributed by atoms with Gasteiger partial charge in [-0.3, -0.25) is 4.52 Å². The molecule has 7 nitrogen and oxygen atoms in total. The summed E-state index contributed by atoms with van der Waals surface area (Å²) < 4.78 is 42.4. The van der Waals surface area contributed by atoms with E-state index < -0.39 is 45.4 Å². The van der Waals surface area contributed by atoms with Crippen LogP contribution in [0.3, 0.4) is 0 Å². The lowest BCUT2D eigenvalue weighted by Gasteiger charge is -2.22. The van der Waals surface area contributed by atoms with Crippen LogP contribution in [0.25, 0.3) is 0 Å². The number of hydrogen-bond acceptors (Lipinski definition) is 5. The van der Waals surface area contributed by atoms with Crippen molar-refractivity contribution >= 4 is 15.7 Å². The van der Waals surface area contributed by atoms with Crippen LogP contribution in [-0.2, 0) is 23.3 Å².